The van der Waals surface area contributed by atoms with Gasteiger partial charge in [-0.3, -0.25) is 4.98 Å². The highest BCUT2D eigenvalue weighted by Gasteiger charge is 2.26. The van der Waals surface area contributed by atoms with Crippen molar-refractivity contribution in [3.05, 3.63) is 66.0 Å². The number of likely N-dealkylation sites (N-methyl/N-ethyl adjacent to an activating group) is 1. The third kappa shape index (κ3) is 4.38. The number of hydrogen-bond acceptors (Lipinski definition) is 3. The first-order valence-corrected chi connectivity index (χ1v) is 7.48. The molecule has 1 aromatic heterocycles. The Hall–Kier alpha value is -1.71. The summed E-state index contributed by atoms with van der Waals surface area (Å²) in [6.07, 6.45) is 2.82. The fourth-order valence-electron chi connectivity index (χ4n) is 2.64. The van der Waals surface area contributed by atoms with Crippen LogP contribution >= 0.6 is 0 Å². The quantitative estimate of drug-likeness (QED) is 0.849. The van der Waals surface area contributed by atoms with Crippen molar-refractivity contribution >= 4 is 0 Å². The van der Waals surface area contributed by atoms with Crippen molar-refractivity contribution in [2.24, 2.45) is 5.73 Å². The molecular formula is C18H25N3. The fourth-order valence-corrected chi connectivity index (χ4v) is 2.64. The molecule has 0 fully saturated rings. The van der Waals surface area contributed by atoms with Crippen LogP contribution in [0.5, 0.6) is 0 Å². The minimum absolute atomic E-state index is 0.0138. The van der Waals surface area contributed by atoms with Gasteiger partial charge in [-0.1, -0.05) is 43.3 Å². The van der Waals surface area contributed by atoms with E-state index in [9.17, 15) is 0 Å². The summed E-state index contributed by atoms with van der Waals surface area (Å²) in [6.45, 7) is 4.81. The summed E-state index contributed by atoms with van der Waals surface area (Å²) in [5.74, 6) is 0. The Bertz CT molecular complexity index is 527. The highest BCUT2D eigenvalue weighted by molar-refractivity contribution is 5.25. The molecule has 3 heteroatoms. The third-order valence-electron chi connectivity index (χ3n) is 4.02. The van der Waals surface area contributed by atoms with E-state index in [4.69, 9.17) is 5.73 Å². The number of nitrogens with two attached hydrogens (primary N) is 1. The average Bonchev–Trinajstić information content (AvgIpc) is 2.54. The van der Waals surface area contributed by atoms with Gasteiger partial charge in [0, 0.05) is 43.4 Å². The second kappa shape index (κ2) is 7.34. The van der Waals surface area contributed by atoms with Crippen LogP contribution in [0.25, 0.3) is 0 Å². The van der Waals surface area contributed by atoms with Crippen LogP contribution in [0.1, 0.15) is 18.2 Å². The molecule has 0 aliphatic carbocycles. The topological polar surface area (TPSA) is 42.2 Å². The number of aromatic nitrogens is 1. The smallest absolute Gasteiger partial charge is 0.0416 e. The number of hydrogen-bond donors (Lipinski definition) is 1. The molecule has 2 N–H and O–H groups in total. The molecule has 0 spiro atoms. The number of nitrogens with zero attached hydrogens (tertiary/aromatic N) is 2. The van der Waals surface area contributed by atoms with Crippen molar-refractivity contribution in [2.75, 3.05) is 26.7 Å². The predicted octanol–water partition coefficient (Wildman–Crippen LogP) is 2.47. The molecule has 3 nitrogen and oxygen atoms in total. The summed E-state index contributed by atoms with van der Waals surface area (Å²) in [6, 6.07) is 16.6. The van der Waals surface area contributed by atoms with Crippen LogP contribution in [0.4, 0.5) is 0 Å². The van der Waals surface area contributed by atoms with Gasteiger partial charge < -0.3 is 10.6 Å². The molecule has 1 heterocycles. The van der Waals surface area contributed by atoms with Crippen LogP contribution in [-0.2, 0) is 11.8 Å². The van der Waals surface area contributed by atoms with E-state index in [0.717, 1.165) is 25.2 Å². The largest absolute Gasteiger partial charge is 0.330 e. The highest BCUT2D eigenvalue weighted by Crippen LogP contribution is 2.23. The van der Waals surface area contributed by atoms with Crippen LogP contribution in [0, 0.1) is 0 Å². The normalized spacial score (nSPS) is 14.1. The minimum atomic E-state index is -0.0138. The van der Waals surface area contributed by atoms with Gasteiger partial charge >= 0.3 is 0 Å². The molecule has 112 valence electrons. The fraction of sp³-hybridized carbons (Fsp3) is 0.389. The van der Waals surface area contributed by atoms with Crippen molar-refractivity contribution in [1.29, 1.82) is 0 Å². The van der Waals surface area contributed by atoms with E-state index in [-0.39, 0.29) is 5.41 Å². The Morgan fingerprint density at radius 1 is 1.10 bits per heavy atom. The molecule has 0 saturated carbocycles. The monoisotopic (exact) mass is 283 g/mol. The average molecular weight is 283 g/mol. The maximum atomic E-state index is 6.06. The van der Waals surface area contributed by atoms with Gasteiger partial charge in [-0.15, -0.1) is 0 Å². The molecule has 0 aliphatic rings. The van der Waals surface area contributed by atoms with E-state index >= 15 is 0 Å². The maximum Gasteiger partial charge on any atom is 0.0416 e. The predicted molar refractivity (Wildman–Crippen MR) is 88.3 cm³/mol. The van der Waals surface area contributed by atoms with Crippen LogP contribution in [-0.4, -0.2) is 36.6 Å². The van der Waals surface area contributed by atoms with Gasteiger partial charge in [-0.05, 0) is 24.7 Å². The van der Waals surface area contributed by atoms with Crippen LogP contribution in [0.3, 0.4) is 0 Å². The summed E-state index contributed by atoms with van der Waals surface area (Å²) >= 11 is 0. The standard InChI is InChI=1S/C18H25N3/c1-18(14-19,16-8-4-3-5-9-16)15-21(2)13-11-17-10-6-7-12-20-17/h3-10,12H,11,13-15,19H2,1-2H3. The summed E-state index contributed by atoms with van der Waals surface area (Å²) < 4.78 is 0. The number of pyridine rings is 1. The second-order valence-electron chi connectivity index (χ2n) is 5.94. The van der Waals surface area contributed by atoms with E-state index in [1.165, 1.54) is 5.56 Å². The van der Waals surface area contributed by atoms with E-state index in [0.29, 0.717) is 6.54 Å². The van der Waals surface area contributed by atoms with Crippen LogP contribution < -0.4 is 5.73 Å². The first-order chi connectivity index (χ1) is 10.1. The second-order valence-corrected chi connectivity index (χ2v) is 5.94. The van der Waals surface area contributed by atoms with Gasteiger partial charge in [0.25, 0.3) is 0 Å². The highest BCUT2D eigenvalue weighted by atomic mass is 15.1. The zero-order chi connectivity index (χ0) is 15.1. The SMILES string of the molecule is CN(CCc1ccccn1)CC(C)(CN)c1ccccc1. The lowest BCUT2D eigenvalue weighted by molar-refractivity contribution is 0.261. The summed E-state index contributed by atoms with van der Waals surface area (Å²) in [5.41, 5.74) is 8.48. The molecule has 2 rings (SSSR count). The molecule has 0 radical (unpaired) electrons. The van der Waals surface area contributed by atoms with Gasteiger partial charge in [-0.2, -0.15) is 0 Å². The van der Waals surface area contributed by atoms with Gasteiger partial charge in [0.05, 0.1) is 0 Å². The molecule has 21 heavy (non-hydrogen) atoms. The lowest BCUT2D eigenvalue weighted by Crippen LogP contribution is -2.43. The number of benzene rings is 1. The first-order valence-electron chi connectivity index (χ1n) is 7.48. The van der Waals surface area contributed by atoms with Gasteiger partial charge in [0.2, 0.25) is 0 Å². The van der Waals surface area contributed by atoms with Crippen molar-refractivity contribution in [1.82, 2.24) is 9.88 Å². The van der Waals surface area contributed by atoms with Gasteiger partial charge in [0.1, 0.15) is 0 Å². The molecule has 0 saturated heterocycles. The molecule has 0 aliphatic heterocycles. The van der Waals surface area contributed by atoms with Gasteiger partial charge in [-0.25, -0.2) is 0 Å². The zero-order valence-corrected chi connectivity index (χ0v) is 13.0. The van der Waals surface area contributed by atoms with Gasteiger partial charge in [0.15, 0.2) is 0 Å². The van der Waals surface area contributed by atoms with Crippen molar-refractivity contribution < 1.29 is 0 Å². The molecule has 1 atom stereocenters. The first kappa shape index (κ1) is 15.7. The van der Waals surface area contributed by atoms with E-state index in [2.05, 4.69) is 54.2 Å². The molecule has 1 unspecified atom stereocenters. The van der Waals surface area contributed by atoms with Crippen LogP contribution in [0.2, 0.25) is 0 Å². The van der Waals surface area contributed by atoms with E-state index in [1.54, 1.807) is 0 Å². The Morgan fingerprint density at radius 2 is 1.81 bits per heavy atom. The molecule has 2 aromatic rings. The lowest BCUT2D eigenvalue weighted by Gasteiger charge is -2.33. The zero-order valence-electron chi connectivity index (χ0n) is 13.0. The van der Waals surface area contributed by atoms with Crippen molar-refractivity contribution in [3.63, 3.8) is 0 Å². The Morgan fingerprint density at radius 3 is 2.43 bits per heavy atom. The van der Waals surface area contributed by atoms with E-state index < -0.39 is 0 Å². The maximum absolute atomic E-state index is 6.06. The molecule has 0 bridgehead atoms. The van der Waals surface area contributed by atoms with Crippen LogP contribution in [0.15, 0.2) is 54.7 Å². The number of rotatable bonds is 7. The van der Waals surface area contributed by atoms with Crippen molar-refractivity contribution in [2.45, 2.75) is 18.8 Å². The summed E-state index contributed by atoms with van der Waals surface area (Å²) in [7, 11) is 2.15. The Kier molecular flexibility index (Phi) is 5.48. The van der Waals surface area contributed by atoms with E-state index in [1.807, 2.05) is 24.4 Å². The minimum Gasteiger partial charge on any atom is -0.330 e. The Balaban J connectivity index is 1.95. The summed E-state index contributed by atoms with van der Waals surface area (Å²) in [5, 5.41) is 0. The Labute approximate surface area is 127 Å². The third-order valence-corrected chi connectivity index (χ3v) is 4.02. The lowest BCUT2D eigenvalue weighted by atomic mass is 9.82. The summed E-state index contributed by atoms with van der Waals surface area (Å²) in [4.78, 5) is 6.72. The molecular weight excluding hydrogens is 258 g/mol. The molecule has 0 amide bonds. The van der Waals surface area contributed by atoms with Crippen molar-refractivity contribution in [3.8, 4) is 0 Å². The molecule has 1 aromatic carbocycles.